The maximum atomic E-state index is 7.24. The molecule has 5 heterocycles. The van der Waals surface area contributed by atoms with Gasteiger partial charge in [0.15, 0.2) is 0 Å². The second kappa shape index (κ2) is 13.7. The molecule has 0 radical (unpaired) electrons. The monoisotopic (exact) mass is 873 g/mol. The fourth-order valence-corrected chi connectivity index (χ4v) is 12.8. The van der Waals surface area contributed by atoms with Crippen LogP contribution >= 0.6 is 0 Å². The van der Waals surface area contributed by atoms with Crippen molar-refractivity contribution in [3.05, 3.63) is 218 Å². The summed E-state index contributed by atoms with van der Waals surface area (Å²) in [6, 6.07) is 60.0. The number of rotatable bonds is 5. The largest absolute Gasteiger partial charge is 0.485 e. The zero-order valence-electron chi connectivity index (χ0n) is 37.7. The Balaban J connectivity index is 1.23. The van der Waals surface area contributed by atoms with Crippen molar-refractivity contribution in [2.45, 2.75) is 37.3 Å². The molecule has 0 saturated heterocycles. The molecule has 0 N–H and O–H groups in total. The van der Waals surface area contributed by atoms with Gasteiger partial charge in [0.05, 0.1) is 33.4 Å². The van der Waals surface area contributed by atoms with Crippen LogP contribution in [0, 0.1) is 0 Å². The second-order valence-corrected chi connectivity index (χ2v) is 19.5. The van der Waals surface area contributed by atoms with Gasteiger partial charge in [0.1, 0.15) is 23.0 Å². The summed E-state index contributed by atoms with van der Waals surface area (Å²) in [5.74, 6) is 0.910. The third-order valence-corrected chi connectivity index (χ3v) is 15.7. The zero-order valence-corrected chi connectivity index (χ0v) is 37.7. The Morgan fingerprint density at radius 2 is 1.16 bits per heavy atom. The van der Waals surface area contributed by atoms with Crippen molar-refractivity contribution in [2.75, 3.05) is 14.7 Å². The van der Waals surface area contributed by atoms with Crippen LogP contribution in [0.5, 0.6) is 5.75 Å². The molecule has 0 amide bonds. The average Bonchev–Trinajstić information content (AvgIpc) is 3.92. The molecule has 4 aliphatic heterocycles. The Kier molecular flexibility index (Phi) is 7.63. The lowest BCUT2D eigenvalue weighted by Crippen LogP contribution is -2.67. The topological polar surface area (TPSA) is 32.1 Å². The number of anilines is 8. The van der Waals surface area contributed by atoms with Crippen molar-refractivity contribution < 1.29 is 9.15 Å². The molecule has 0 saturated carbocycles. The number of hydrogen-bond donors (Lipinski definition) is 0. The number of furan rings is 1. The SMILES string of the molecule is CC12C=CC=CC1Oc1cc3c4c(c12)N(c1ccccc1)c1c(-c2ccccc2)cc(-c2ccccc2)c2c1B4c1c(cc4oc5ccccc5c4c1N2C1(C)C=CC=CC1)N3c1ccccc1. The summed E-state index contributed by atoms with van der Waals surface area (Å²) in [4.78, 5) is 7.89. The van der Waals surface area contributed by atoms with Crippen LogP contribution in [0.25, 0.3) is 44.2 Å². The summed E-state index contributed by atoms with van der Waals surface area (Å²) >= 11 is 0. The number of ether oxygens (including phenoxy) is 1. The van der Waals surface area contributed by atoms with Crippen molar-refractivity contribution in [1.29, 1.82) is 0 Å². The Morgan fingerprint density at radius 1 is 0.544 bits per heavy atom. The van der Waals surface area contributed by atoms with Crippen molar-refractivity contribution in [3.8, 4) is 28.0 Å². The smallest absolute Gasteiger partial charge is 0.257 e. The van der Waals surface area contributed by atoms with Gasteiger partial charge in [0.25, 0.3) is 6.71 Å². The molecule has 68 heavy (non-hydrogen) atoms. The van der Waals surface area contributed by atoms with Crippen LogP contribution < -0.4 is 35.8 Å². The Morgan fingerprint density at radius 3 is 1.87 bits per heavy atom. The molecule has 3 unspecified atom stereocenters. The first kappa shape index (κ1) is 37.9. The predicted octanol–water partition coefficient (Wildman–Crippen LogP) is 13.9. The van der Waals surface area contributed by atoms with Gasteiger partial charge in [-0.25, -0.2) is 0 Å². The molecule has 0 fully saturated rings. The molecule has 6 aliphatic rings. The molecule has 6 heteroatoms. The highest BCUT2D eigenvalue weighted by molar-refractivity contribution is 7.03. The third-order valence-electron chi connectivity index (χ3n) is 15.7. The van der Waals surface area contributed by atoms with E-state index in [0.717, 1.165) is 56.9 Å². The summed E-state index contributed by atoms with van der Waals surface area (Å²) in [6.07, 6.45) is 18.8. The van der Waals surface area contributed by atoms with Crippen molar-refractivity contribution in [1.82, 2.24) is 0 Å². The van der Waals surface area contributed by atoms with Crippen LogP contribution in [-0.4, -0.2) is 18.4 Å². The second-order valence-electron chi connectivity index (χ2n) is 19.5. The summed E-state index contributed by atoms with van der Waals surface area (Å²) in [7, 11) is 0. The van der Waals surface area contributed by atoms with E-state index in [4.69, 9.17) is 9.15 Å². The Bertz CT molecular complexity index is 3750. The van der Waals surface area contributed by atoms with Crippen LogP contribution in [0.1, 0.15) is 25.8 Å². The van der Waals surface area contributed by atoms with Gasteiger partial charge in [-0.2, -0.15) is 0 Å². The van der Waals surface area contributed by atoms with Crippen LogP contribution in [0.2, 0.25) is 0 Å². The lowest BCUT2D eigenvalue weighted by Gasteiger charge is -2.54. The highest BCUT2D eigenvalue weighted by atomic mass is 16.5. The standard InChI is InChI=1S/C62H44BN3O2/c1-61(33-19-7-20-34-61)66-58-45(40-24-10-4-11-25-40)36-44(39-22-8-3-9-23-39)57-56(58)63-54-46(37-49-52(59(54)66)43-30-16-17-31-48(43)67-49)64(41-26-12-5-13-27-41)47-38-50-53(62(2)35-21-18-32-51(62)68-50)60(55(47)63)65(57)42-28-14-6-15-29-42/h3-33,35-38,51H,34H2,1-2H3. The highest BCUT2D eigenvalue weighted by Crippen LogP contribution is 2.61. The minimum absolute atomic E-state index is 0.170. The van der Waals surface area contributed by atoms with Gasteiger partial charge in [-0.15, -0.1) is 0 Å². The summed E-state index contributed by atoms with van der Waals surface area (Å²) in [6.45, 7) is 4.62. The van der Waals surface area contributed by atoms with E-state index in [-0.39, 0.29) is 12.8 Å². The molecule has 0 bridgehead atoms. The van der Waals surface area contributed by atoms with Gasteiger partial charge < -0.3 is 23.9 Å². The third kappa shape index (κ3) is 4.91. The molecule has 3 atom stereocenters. The minimum atomic E-state index is -0.479. The number of nitrogens with zero attached hydrogens (tertiary/aromatic N) is 3. The number of benzene rings is 8. The maximum Gasteiger partial charge on any atom is 0.257 e. The van der Waals surface area contributed by atoms with E-state index in [2.05, 4.69) is 241 Å². The molecule has 9 aromatic rings. The quantitative estimate of drug-likeness (QED) is 0.161. The van der Waals surface area contributed by atoms with E-state index in [1.54, 1.807) is 0 Å². The molecular formula is C62H44BN3O2. The maximum absolute atomic E-state index is 7.24. The first-order valence-electron chi connectivity index (χ1n) is 23.9. The van der Waals surface area contributed by atoms with E-state index in [9.17, 15) is 0 Å². The summed E-state index contributed by atoms with van der Waals surface area (Å²) < 4.78 is 14.3. The van der Waals surface area contributed by atoms with Gasteiger partial charge in [-0.05, 0) is 90.3 Å². The molecule has 5 nitrogen and oxygen atoms in total. The van der Waals surface area contributed by atoms with E-state index in [1.807, 2.05) is 0 Å². The van der Waals surface area contributed by atoms with E-state index < -0.39 is 11.0 Å². The first-order chi connectivity index (χ1) is 33.5. The van der Waals surface area contributed by atoms with Crippen molar-refractivity contribution in [3.63, 3.8) is 0 Å². The molecule has 0 spiro atoms. The minimum Gasteiger partial charge on any atom is -0.485 e. The lowest BCUT2D eigenvalue weighted by atomic mass is 9.31. The van der Waals surface area contributed by atoms with Gasteiger partial charge in [0.2, 0.25) is 0 Å². The van der Waals surface area contributed by atoms with Gasteiger partial charge in [-0.1, -0.05) is 158 Å². The summed E-state index contributed by atoms with van der Waals surface area (Å²) in [5.41, 5.74) is 19.9. The van der Waals surface area contributed by atoms with E-state index in [1.165, 1.54) is 67.0 Å². The molecule has 2 aliphatic carbocycles. The normalized spacial score (nSPS) is 20.8. The fourth-order valence-electron chi connectivity index (χ4n) is 12.8. The summed E-state index contributed by atoms with van der Waals surface area (Å²) in [5, 5.41) is 2.26. The lowest BCUT2D eigenvalue weighted by molar-refractivity contribution is 0.228. The Hall–Kier alpha value is -8.22. The molecule has 1 aromatic heterocycles. The predicted molar refractivity (Wildman–Crippen MR) is 282 cm³/mol. The zero-order chi connectivity index (χ0) is 44.9. The average molecular weight is 874 g/mol. The van der Waals surface area contributed by atoms with Crippen LogP contribution in [0.15, 0.2) is 217 Å². The van der Waals surface area contributed by atoms with Gasteiger partial charge in [-0.3, -0.25) is 0 Å². The van der Waals surface area contributed by atoms with E-state index in [0.29, 0.717) is 0 Å². The van der Waals surface area contributed by atoms with Gasteiger partial charge >= 0.3 is 0 Å². The number of fused-ring (bicyclic) bond motifs is 8. The van der Waals surface area contributed by atoms with Crippen LogP contribution in [0.4, 0.5) is 45.5 Å². The van der Waals surface area contributed by atoms with Gasteiger partial charge in [0, 0.05) is 62.6 Å². The molecule has 322 valence electrons. The van der Waals surface area contributed by atoms with Crippen molar-refractivity contribution >= 4 is 90.5 Å². The first-order valence-corrected chi connectivity index (χ1v) is 23.9. The number of hydrogen-bond acceptors (Lipinski definition) is 5. The Labute approximate surface area is 395 Å². The fraction of sp³-hybridized carbons (Fsp3) is 0.0968. The molecule has 8 aromatic carbocycles. The number of allylic oxidation sites excluding steroid dienone is 4. The van der Waals surface area contributed by atoms with Crippen LogP contribution in [0.3, 0.4) is 0 Å². The molecule has 15 rings (SSSR count). The number of para-hydroxylation sites is 3. The molecular weight excluding hydrogens is 830 g/mol. The highest BCUT2D eigenvalue weighted by Gasteiger charge is 2.57. The van der Waals surface area contributed by atoms with Crippen LogP contribution in [-0.2, 0) is 5.41 Å². The van der Waals surface area contributed by atoms with E-state index >= 15 is 0 Å². The van der Waals surface area contributed by atoms with Crippen molar-refractivity contribution in [2.24, 2.45) is 0 Å².